The van der Waals surface area contributed by atoms with Gasteiger partial charge < -0.3 is 4.74 Å². The van der Waals surface area contributed by atoms with Crippen LogP contribution in [-0.2, 0) is 16.1 Å². The van der Waals surface area contributed by atoms with Crippen molar-refractivity contribution in [3.63, 3.8) is 0 Å². The highest BCUT2D eigenvalue weighted by molar-refractivity contribution is 5.77. The third kappa shape index (κ3) is 3.65. The van der Waals surface area contributed by atoms with Crippen molar-refractivity contribution in [2.45, 2.75) is 12.6 Å². The van der Waals surface area contributed by atoms with E-state index in [9.17, 15) is 4.79 Å². The number of rotatable bonds is 5. The van der Waals surface area contributed by atoms with E-state index >= 15 is 0 Å². The largest absolute Gasteiger partial charge is 0.468 e. The highest BCUT2D eigenvalue weighted by Gasteiger charge is 2.20. The van der Waals surface area contributed by atoms with E-state index in [2.05, 4.69) is 10.3 Å². The lowest BCUT2D eigenvalue weighted by atomic mass is 10.1. The molecule has 0 bridgehead atoms. The second-order valence-corrected chi connectivity index (χ2v) is 4.37. The summed E-state index contributed by atoms with van der Waals surface area (Å²) in [6, 6.07) is 14.3. The second-order valence-electron chi connectivity index (χ2n) is 4.37. The Balaban J connectivity index is 2.17. The zero-order valence-corrected chi connectivity index (χ0v) is 11.6. The minimum absolute atomic E-state index is 0.349. The molecule has 21 heavy (non-hydrogen) atoms. The van der Waals surface area contributed by atoms with Crippen molar-refractivity contribution < 1.29 is 9.53 Å². The van der Waals surface area contributed by atoms with Crippen LogP contribution in [0.25, 0.3) is 0 Å². The molecular formula is C16H15N3O2. The Labute approximate surface area is 123 Å². The lowest BCUT2D eigenvalue weighted by molar-refractivity contribution is -0.143. The molecule has 0 saturated heterocycles. The number of nitriles is 1. The van der Waals surface area contributed by atoms with Crippen molar-refractivity contribution in [3.05, 3.63) is 65.5 Å². The molecule has 1 unspecified atom stereocenters. The molecule has 0 radical (unpaired) electrons. The van der Waals surface area contributed by atoms with Crippen LogP contribution < -0.4 is 5.32 Å². The Kier molecular flexibility index (Phi) is 5.02. The standard InChI is InChI=1S/C16H15N3O2/c1-21-16(20)15(12-6-3-2-4-7-12)19-11-13-8-5-9-18-14(13)10-17/h2-9,15,19H,11H2,1H3. The van der Waals surface area contributed by atoms with Gasteiger partial charge in [0.05, 0.1) is 7.11 Å². The third-order valence-corrected chi connectivity index (χ3v) is 3.06. The molecule has 0 aliphatic rings. The molecule has 0 fully saturated rings. The van der Waals surface area contributed by atoms with Crippen LogP contribution in [0.15, 0.2) is 48.7 Å². The van der Waals surface area contributed by atoms with Crippen LogP contribution in [-0.4, -0.2) is 18.1 Å². The smallest absolute Gasteiger partial charge is 0.327 e. The zero-order chi connectivity index (χ0) is 15.1. The second kappa shape index (κ2) is 7.17. The van der Waals surface area contributed by atoms with Crippen LogP contribution in [0.5, 0.6) is 0 Å². The molecule has 1 N–H and O–H groups in total. The molecule has 0 aliphatic heterocycles. The Morgan fingerprint density at radius 3 is 2.76 bits per heavy atom. The summed E-state index contributed by atoms with van der Waals surface area (Å²) in [5.41, 5.74) is 1.90. The number of aromatic nitrogens is 1. The van der Waals surface area contributed by atoms with Crippen molar-refractivity contribution >= 4 is 5.97 Å². The summed E-state index contributed by atoms with van der Waals surface area (Å²) >= 11 is 0. The maximum Gasteiger partial charge on any atom is 0.327 e. The number of carbonyl (C=O) groups excluding carboxylic acids is 1. The van der Waals surface area contributed by atoms with E-state index < -0.39 is 6.04 Å². The fourth-order valence-corrected chi connectivity index (χ4v) is 1.99. The maximum atomic E-state index is 11.9. The van der Waals surface area contributed by atoms with E-state index in [0.29, 0.717) is 12.2 Å². The summed E-state index contributed by atoms with van der Waals surface area (Å²) in [7, 11) is 1.35. The van der Waals surface area contributed by atoms with Gasteiger partial charge in [-0.3, -0.25) is 5.32 Å². The van der Waals surface area contributed by atoms with Gasteiger partial charge in [-0.25, -0.2) is 9.78 Å². The normalized spacial score (nSPS) is 11.4. The minimum atomic E-state index is -0.581. The Bertz CT molecular complexity index is 650. The number of carbonyl (C=O) groups is 1. The van der Waals surface area contributed by atoms with Crippen LogP contribution in [0.3, 0.4) is 0 Å². The molecule has 2 rings (SSSR count). The Morgan fingerprint density at radius 1 is 1.33 bits per heavy atom. The first kappa shape index (κ1) is 14.7. The zero-order valence-electron chi connectivity index (χ0n) is 11.6. The molecule has 5 heteroatoms. The average molecular weight is 281 g/mol. The van der Waals surface area contributed by atoms with Gasteiger partial charge in [-0.15, -0.1) is 0 Å². The first-order chi connectivity index (χ1) is 10.3. The number of benzene rings is 1. The summed E-state index contributed by atoms with van der Waals surface area (Å²) in [5.74, 6) is -0.372. The van der Waals surface area contributed by atoms with Crippen LogP contribution in [0.4, 0.5) is 0 Å². The SMILES string of the molecule is COC(=O)C(NCc1cccnc1C#N)c1ccccc1. The maximum absolute atomic E-state index is 11.9. The molecule has 0 saturated carbocycles. The average Bonchev–Trinajstić information content (AvgIpc) is 2.56. The number of methoxy groups -OCH3 is 1. The summed E-state index contributed by atoms with van der Waals surface area (Å²) in [5, 5.41) is 12.1. The Hall–Kier alpha value is -2.71. The van der Waals surface area contributed by atoms with E-state index in [-0.39, 0.29) is 5.97 Å². The predicted molar refractivity (Wildman–Crippen MR) is 77.0 cm³/mol. The van der Waals surface area contributed by atoms with E-state index in [0.717, 1.165) is 11.1 Å². The number of pyridine rings is 1. The summed E-state index contributed by atoms with van der Waals surface area (Å²) in [6.07, 6.45) is 1.57. The first-order valence-electron chi connectivity index (χ1n) is 6.46. The number of nitrogens with one attached hydrogen (secondary N) is 1. The van der Waals surface area contributed by atoms with Gasteiger partial charge in [-0.05, 0) is 11.6 Å². The van der Waals surface area contributed by atoms with Gasteiger partial charge >= 0.3 is 5.97 Å². The van der Waals surface area contributed by atoms with Gasteiger partial charge in [0, 0.05) is 18.3 Å². The third-order valence-electron chi connectivity index (χ3n) is 3.06. The minimum Gasteiger partial charge on any atom is -0.468 e. The molecule has 2 aromatic rings. The molecule has 1 aromatic carbocycles. The molecule has 0 aliphatic carbocycles. The lowest BCUT2D eigenvalue weighted by Crippen LogP contribution is -2.29. The Morgan fingerprint density at radius 2 is 2.10 bits per heavy atom. The molecule has 106 valence electrons. The van der Waals surface area contributed by atoms with Crippen LogP contribution in [0.1, 0.15) is 22.9 Å². The number of hydrogen-bond acceptors (Lipinski definition) is 5. The first-order valence-corrected chi connectivity index (χ1v) is 6.46. The van der Waals surface area contributed by atoms with Gasteiger partial charge in [0.2, 0.25) is 0 Å². The molecule has 0 spiro atoms. The fraction of sp³-hybridized carbons (Fsp3) is 0.188. The molecule has 1 heterocycles. The summed E-state index contributed by atoms with van der Waals surface area (Å²) in [4.78, 5) is 15.9. The lowest BCUT2D eigenvalue weighted by Gasteiger charge is -2.17. The van der Waals surface area contributed by atoms with Crippen molar-refractivity contribution in [2.75, 3.05) is 7.11 Å². The van der Waals surface area contributed by atoms with Gasteiger partial charge in [0.15, 0.2) is 0 Å². The van der Waals surface area contributed by atoms with Crippen LogP contribution in [0, 0.1) is 11.3 Å². The van der Waals surface area contributed by atoms with Gasteiger partial charge in [-0.2, -0.15) is 5.26 Å². The highest BCUT2D eigenvalue weighted by atomic mass is 16.5. The van der Waals surface area contributed by atoms with Gasteiger partial charge in [-0.1, -0.05) is 36.4 Å². The molecule has 5 nitrogen and oxygen atoms in total. The van der Waals surface area contributed by atoms with E-state index in [4.69, 9.17) is 10.00 Å². The van der Waals surface area contributed by atoms with Crippen molar-refractivity contribution in [1.82, 2.24) is 10.3 Å². The van der Waals surface area contributed by atoms with Crippen molar-refractivity contribution in [3.8, 4) is 6.07 Å². The van der Waals surface area contributed by atoms with E-state index in [1.807, 2.05) is 36.4 Å². The van der Waals surface area contributed by atoms with E-state index in [1.54, 1.807) is 18.3 Å². The van der Waals surface area contributed by atoms with Gasteiger partial charge in [0.25, 0.3) is 0 Å². The quantitative estimate of drug-likeness (QED) is 0.848. The summed E-state index contributed by atoms with van der Waals surface area (Å²) < 4.78 is 4.83. The molecule has 0 amide bonds. The summed E-state index contributed by atoms with van der Waals surface area (Å²) in [6.45, 7) is 0.353. The monoisotopic (exact) mass is 281 g/mol. The number of esters is 1. The van der Waals surface area contributed by atoms with Crippen molar-refractivity contribution in [2.24, 2.45) is 0 Å². The predicted octanol–water partition coefficient (Wildman–Crippen LogP) is 1.96. The van der Waals surface area contributed by atoms with Gasteiger partial charge in [0.1, 0.15) is 17.8 Å². The fourth-order valence-electron chi connectivity index (χ4n) is 1.99. The number of ether oxygens (including phenoxy) is 1. The highest BCUT2D eigenvalue weighted by Crippen LogP contribution is 2.15. The number of nitrogens with zero attached hydrogens (tertiary/aromatic N) is 2. The topological polar surface area (TPSA) is 75.0 Å². The van der Waals surface area contributed by atoms with Crippen LogP contribution in [0.2, 0.25) is 0 Å². The molecule has 1 atom stereocenters. The molecule has 1 aromatic heterocycles. The molecular weight excluding hydrogens is 266 g/mol. The number of hydrogen-bond donors (Lipinski definition) is 1. The van der Waals surface area contributed by atoms with Crippen LogP contribution >= 0.6 is 0 Å². The van der Waals surface area contributed by atoms with E-state index in [1.165, 1.54) is 7.11 Å². The van der Waals surface area contributed by atoms with Crippen molar-refractivity contribution in [1.29, 1.82) is 5.26 Å².